The van der Waals surface area contributed by atoms with Gasteiger partial charge in [0.25, 0.3) is 5.91 Å². The summed E-state index contributed by atoms with van der Waals surface area (Å²) < 4.78 is 5.68. The van der Waals surface area contributed by atoms with E-state index in [0.29, 0.717) is 17.9 Å². The van der Waals surface area contributed by atoms with Gasteiger partial charge in [0.2, 0.25) is 0 Å². The van der Waals surface area contributed by atoms with Gasteiger partial charge in [0.1, 0.15) is 12.4 Å². The van der Waals surface area contributed by atoms with Gasteiger partial charge in [-0.15, -0.1) is 0 Å². The monoisotopic (exact) mass is 375 g/mol. The van der Waals surface area contributed by atoms with Gasteiger partial charge >= 0.3 is 0 Å². The fraction of sp³-hybridized carbons (Fsp3) is 0.667. The van der Waals surface area contributed by atoms with Crippen LogP contribution in [0.15, 0.2) is 24.3 Å². The number of likely N-dealkylation sites (tertiary alicyclic amines) is 1. The van der Waals surface area contributed by atoms with Gasteiger partial charge in [-0.05, 0) is 70.4 Å². The third-order valence-corrected chi connectivity index (χ3v) is 5.92. The van der Waals surface area contributed by atoms with Crippen molar-refractivity contribution in [1.29, 1.82) is 0 Å². The maximum Gasteiger partial charge on any atom is 0.254 e. The number of nitrogens with zero attached hydrogens (tertiary/aromatic N) is 2. The van der Waals surface area contributed by atoms with Gasteiger partial charge in [-0.2, -0.15) is 0 Å². The van der Waals surface area contributed by atoms with Crippen LogP contribution in [0.5, 0.6) is 5.75 Å². The lowest BCUT2D eigenvalue weighted by atomic mass is 9.86. The van der Waals surface area contributed by atoms with E-state index in [2.05, 4.69) is 10.2 Å². The first-order valence-corrected chi connectivity index (χ1v) is 10.2. The molecule has 0 bridgehead atoms. The Kier molecular flexibility index (Phi) is 7.10. The summed E-state index contributed by atoms with van der Waals surface area (Å²) in [6.07, 6.45) is 4.86. The third-order valence-electron chi connectivity index (χ3n) is 5.92. The van der Waals surface area contributed by atoms with E-state index >= 15 is 0 Å². The van der Waals surface area contributed by atoms with Gasteiger partial charge in [-0.1, -0.05) is 6.07 Å². The Balaban J connectivity index is 1.66. The lowest BCUT2D eigenvalue weighted by molar-refractivity contribution is -0.0242. The Morgan fingerprint density at radius 1 is 1.30 bits per heavy atom. The highest BCUT2D eigenvalue weighted by molar-refractivity contribution is 5.94. The van der Waals surface area contributed by atoms with E-state index in [1.807, 2.05) is 32.3 Å². The van der Waals surface area contributed by atoms with Crippen LogP contribution in [0.1, 0.15) is 42.5 Å². The molecule has 0 aromatic heterocycles. The minimum Gasteiger partial charge on any atom is -0.492 e. The van der Waals surface area contributed by atoms with Crippen molar-refractivity contribution >= 4 is 5.91 Å². The molecule has 6 heteroatoms. The predicted octanol–water partition coefficient (Wildman–Crippen LogP) is 1.73. The second-order valence-corrected chi connectivity index (χ2v) is 7.70. The van der Waals surface area contributed by atoms with Crippen molar-refractivity contribution in [2.45, 2.75) is 50.3 Å². The molecule has 1 aliphatic heterocycles. The van der Waals surface area contributed by atoms with Crippen LogP contribution in [0.3, 0.4) is 0 Å². The fourth-order valence-corrected chi connectivity index (χ4v) is 4.37. The van der Waals surface area contributed by atoms with Crippen molar-refractivity contribution < 1.29 is 14.6 Å². The molecule has 1 amide bonds. The molecule has 6 nitrogen and oxygen atoms in total. The van der Waals surface area contributed by atoms with Crippen molar-refractivity contribution in [3.8, 4) is 5.75 Å². The predicted molar refractivity (Wildman–Crippen MR) is 106 cm³/mol. The number of amides is 1. The zero-order valence-electron chi connectivity index (χ0n) is 16.6. The average Bonchev–Trinajstić information content (AvgIpc) is 3.22. The molecule has 1 saturated carbocycles. The number of aliphatic hydroxyl groups excluding tert-OH is 1. The van der Waals surface area contributed by atoms with Gasteiger partial charge in [-0.3, -0.25) is 9.69 Å². The van der Waals surface area contributed by atoms with E-state index in [-0.39, 0.29) is 18.0 Å². The minimum atomic E-state index is -0.485. The lowest BCUT2D eigenvalue weighted by Crippen LogP contribution is -2.56. The van der Waals surface area contributed by atoms with Gasteiger partial charge in [0, 0.05) is 25.2 Å². The van der Waals surface area contributed by atoms with E-state index in [1.54, 1.807) is 11.0 Å². The summed E-state index contributed by atoms with van der Waals surface area (Å²) in [6.45, 7) is 3.45. The standard InChI is InChI=1S/C21H33N3O3/c1-22-11-14-27-17-8-5-7-16(15-17)21(26)23(2)18-9-6-10-19(20(18)25)24-12-3-4-13-24/h5,7-8,15,18-20,22,25H,3-4,6,9-14H2,1-2H3/t18-,19-,20-/m1/s1. The summed E-state index contributed by atoms with van der Waals surface area (Å²) in [4.78, 5) is 17.2. The molecule has 1 saturated heterocycles. The Hall–Kier alpha value is -1.63. The van der Waals surface area contributed by atoms with Crippen LogP contribution in [0, 0.1) is 0 Å². The first-order chi connectivity index (χ1) is 13.1. The molecule has 2 aliphatic rings. The number of rotatable bonds is 7. The highest BCUT2D eigenvalue weighted by Gasteiger charge is 2.39. The molecule has 1 aromatic rings. The number of carbonyl (C=O) groups is 1. The first kappa shape index (κ1) is 20.1. The molecule has 3 rings (SSSR count). The number of ether oxygens (including phenoxy) is 1. The minimum absolute atomic E-state index is 0.0554. The van der Waals surface area contributed by atoms with Crippen LogP contribution >= 0.6 is 0 Å². The van der Waals surface area contributed by atoms with Crippen LogP contribution in [0.2, 0.25) is 0 Å². The summed E-state index contributed by atoms with van der Waals surface area (Å²) in [7, 11) is 3.69. The van der Waals surface area contributed by atoms with Crippen LogP contribution in [-0.2, 0) is 0 Å². The molecule has 1 aliphatic carbocycles. The Bertz CT molecular complexity index is 618. The molecular formula is C21H33N3O3. The van der Waals surface area contributed by atoms with Crippen molar-refractivity contribution in [2.24, 2.45) is 0 Å². The van der Waals surface area contributed by atoms with Crippen LogP contribution in [0.25, 0.3) is 0 Å². The third kappa shape index (κ3) is 4.81. The summed E-state index contributed by atoms with van der Waals surface area (Å²) in [5.74, 6) is 0.642. The fourth-order valence-electron chi connectivity index (χ4n) is 4.37. The molecule has 3 atom stereocenters. The normalized spacial score (nSPS) is 26.1. The number of benzene rings is 1. The second-order valence-electron chi connectivity index (χ2n) is 7.70. The maximum atomic E-state index is 13.0. The quantitative estimate of drug-likeness (QED) is 0.711. The van der Waals surface area contributed by atoms with Gasteiger partial charge in [0.15, 0.2) is 0 Å². The van der Waals surface area contributed by atoms with Crippen molar-refractivity contribution in [1.82, 2.24) is 15.1 Å². The number of likely N-dealkylation sites (N-methyl/N-ethyl adjacent to an activating group) is 2. The highest BCUT2D eigenvalue weighted by Crippen LogP contribution is 2.29. The van der Waals surface area contributed by atoms with E-state index < -0.39 is 6.10 Å². The molecule has 150 valence electrons. The Morgan fingerprint density at radius 2 is 2.07 bits per heavy atom. The number of hydrogen-bond donors (Lipinski definition) is 2. The Morgan fingerprint density at radius 3 is 2.81 bits per heavy atom. The molecule has 0 spiro atoms. The summed E-state index contributed by atoms with van der Waals surface area (Å²) in [5.41, 5.74) is 0.606. The summed E-state index contributed by atoms with van der Waals surface area (Å²) in [5, 5.41) is 14.0. The lowest BCUT2D eigenvalue weighted by Gasteiger charge is -2.43. The second kappa shape index (κ2) is 9.53. The summed E-state index contributed by atoms with van der Waals surface area (Å²) >= 11 is 0. The number of hydrogen-bond acceptors (Lipinski definition) is 5. The largest absolute Gasteiger partial charge is 0.492 e. The topological polar surface area (TPSA) is 65.0 Å². The SMILES string of the molecule is CNCCOc1cccc(C(=O)N(C)[C@@H]2CCC[C@@H](N3CCCC3)[C@@H]2O)c1. The molecule has 1 aromatic carbocycles. The molecule has 0 radical (unpaired) electrons. The Labute approximate surface area is 162 Å². The molecule has 2 N–H and O–H groups in total. The van der Waals surface area contributed by atoms with Crippen LogP contribution < -0.4 is 10.1 Å². The smallest absolute Gasteiger partial charge is 0.254 e. The molecule has 2 fully saturated rings. The van der Waals surface area contributed by atoms with Crippen molar-refractivity contribution in [2.75, 3.05) is 40.3 Å². The van der Waals surface area contributed by atoms with Gasteiger partial charge < -0.3 is 20.1 Å². The van der Waals surface area contributed by atoms with E-state index in [1.165, 1.54) is 12.8 Å². The molecule has 27 heavy (non-hydrogen) atoms. The number of nitrogens with one attached hydrogen (secondary N) is 1. The van der Waals surface area contributed by atoms with Crippen molar-refractivity contribution in [3.63, 3.8) is 0 Å². The molecule has 1 heterocycles. The maximum absolute atomic E-state index is 13.0. The number of carbonyl (C=O) groups excluding carboxylic acids is 1. The van der Waals surface area contributed by atoms with E-state index in [9.17, 15) is 9.90 Å². The van der Waals surface area contributed by atoms with Gasteiger partial charge in [0.05, 0.1) is 12.1 Å². The van der Waals surface area contributed by atoms with Gasteiger partial charge in [-0.25, -0.2) is 0 Å². The molecular weight excluding hydrogens is 342 g/mol. The van der Waals surface area contributed by atoms with Crippen LogP contribution in [0.4, 0.5) is 0 Å². The zero-order valence-corrected chi connectivity index (χ0v) is 16.6. The first-order valence-electron chi connectivity index (χ1n) is 10.2. The van der Waals surface area contributed by atoms with E-state index in [0.717, 1.165) is 38.9 Å². The van der Waals surface area contributed by atoms with Crippen LogP contribution in [-0.4, -0.2) is 79.3 Å². The highest BCUT2D eigenvalue weighted by atomic mass is 16.5. The summed E-state index contributed by atoms with van der Waals surface area (Å²) in [6, 6.07) is 7.37. The van der Waals surface area contributed by atoms with E-state index in [4.69, 9.17) is 4.74 Å². The molecule has 0 unspecified atom stereocenters. The average molecular weight is 376 g/mol. The van der Waals surface area contributed by atoms with Crippen molar-refractivity contribution in [3.05, 3.63) is 29.8 Å². The number of aliphatic hydroxyl groups is 1. The zero-order chi connectivity index (χ0) is 19.2.